The summed E-state index contributed by atoms with van der Waals surface area (Å²) in [7, 11) is 0. The monoisotopic (exact) mass is 465 g/mol. The molecule has 0 saturated carbocycles. The lowest BCUT2D eigenvalue weighted by Gasteiger charge is -2.26. The lowest BCUT2D eigenvalue weighted by molar-refractivity contribution is 0.0843. The first-order valence-electron chi connectivity index (χ1n) is 10.9. The Hall–Kier alpha value is -3.78. The van der Waals surface area contributed by atoms with Crippen LogP contribution in [-0.2, 0) is 4.74 Å². The third kappa shape index (κ3) is 3.60. The smallest absolute Gasteiger partial charge is 0.187 e. The van der Waals surface area contributed by atoms with E-state index in [-0.39, 0.29) is 17.3 Å². The molecule has 0 bridgehead atoms. The van der Waals surface area contributed by atoms with Crippen LogP contribution in [0.4, 0.5) is 18.9 Å². The summed E-state index contributed by atoms with van der Waals surface area (Å²) >= 11 is 0. The fourth-order valence-electron chi connectivity index (χ4n) is 4.75. The summed E-state index contributed by atoms with van der Waals surface area (Å²) in [5, 5.41) is 18.1. The Bertz CT molecular complexity index is 1380. The summed E-state index contributed by atoms with van der Waals surface area (Å²) in [6.45, 7) is 1.06. The molecule has 4 aromatic rings. The molecular weight excluding hydrogens is 443 g/mol. The molecule has 1 fully saturated rings. The number of nitrogen functional groups attached to an aromatic ring is 1. The van der Waals surface area contributed by atoms with Crippen molar-refractivity contribution in [3.05, 3.63) is 77.2 Å². The van der Waals surface area contributed by atoms with Crippen molar-refractivity contribution < 1.29 is 23.0 Å². The SMILES string of the molecule is N=Cc1cc2c(cc1N)c(-c1cc(F)c(O)c(F)c1)c(C1CCOCC1)n2-c1ccc(F)cc1. The number of phenols is 1. The number of hydrogen-bond acceptors (Lipinski definition) is 4. The highest BCUT2D eigenvalue weighted by molar-refractivity contribution is 6.04. The molecule has 0 aliphatic carbocycles. The van der Waals surface area contributed by atoms with Crippen molar-refractivity contribution in [2.75, 3.05) is 18.9 Å². The van der Waals surface area contributed by atoms with E-state index in [1.807, 2.05) is 4.57 Å². The Kier molecular flexibility index (Phi) is 5.53. The van der Waals surface area contributed by atoms with Gasteiger partial charge < -0.3 is 25.6 Å². The van der Waals surface area contributed by atoms with Gasteiger partial charge in [0.2, 0.25) is 0 Å². The number of phenolic OH excluding ortho intramolecular Hbond substituents is 1. The van der Waals surface area contributed by atoms with E-state index >= 15 is 0 Å². The number of anilines is 1. The molecule has 174 valence electrons. The van der Waals surface area contributed by atoms with Crippen molar-refractivity contribution in [2.24, 2.45) is 0 Å². The van der Waals surface area contributed by atoms with E-state index in [0.717, 1.165) is 24.0 Å². The number of nitrogens with one attached hydrogen (secondary N) is 1. The summed E-state index contributed by atoms with van der Waals surface area (Å²) in [4.78, 5) is 0. The maximum absolute atomic E-state index is 14.5. The Morgan fingerprint density at radius 1 is 1.00 bits per heavy atom. The molecule has 1 aliphatic rings. The second kappa shape index (κ2) is 8.53. The summed E-state index contributed by atoms with van der Waals surface area (Å²) in [5.41, 5.74) is 9.99. The quantitative estimate of drug-likeness (QED) is 0.259. The summed E-state index contributed by atoms with van der Waals surface area (Å²) in [6.07, 6.45) is 2.51. The average Bonchev–Trinajstić information content (AvgIpc) is 3.16. The second-order valence-corrected chi connectivity index (χ2v) is 8.39. The van der Waals surface area contributed by atoms with E-state index < -0.39 is 17.4 Å². The third-order valence-corrected chi connectivity index (χ3v) is 6.36. The van der Waals surface area contributed by atoms with E-state index in [9.17, 15) is 18.3 Å². The van der Waals surface area contributed by atoms with Gasteiger partial charge in [0, 0.05) is 58.9 Å². The Labute approximate surface area is 193 Å². The van der Waals surface area contributed by atoms with Crippen molar-refractivity contribution >= 4 is 22.8 Å². The van der Waals surface area contributed by atoms with Gasteiger partial charge in [-0.1, -0.05) is 0 Å². The van der Waals surface area contributed by atoms with Crippen molar-refractivity contribution in [1.29, 1.82) is 5.41 Å². The van der Waals surface area contributed by atoms with E-state index in [1.54, 1.807) is 24.3 Å². The first-order valence-corrected chi connectivity index (χ1v) is 10.9. The van der Waals surface area contributed by atoms with Gasteiger partial charge in [-0.3, -0.25) is 0 Å². The third-order valence-electron chi connectivity index (χ3n) is 6.36. The molecule has 5 rings (SSSR count). The van der Waals surface area contributed by atoms with Crippen LogP contribution < -0.4 is 5.73 Å². The zero-order valence-corrected chi connectivity index (χ0v) is 18.1. The number of benzene rings is 3. The van der Waals surface area contributed by atoms with Gasteiger partial charge in [-0.05, 0) is 66.9 Å². The van der Waals surface area contributed by atoms with Gasteiger partial charge in [-0.2, -0.15) is 0 Å². The summed E-state index contributed by atoms with van der Waals surface area (Å²) < 4.78 is 50.2. The molecule has 34 heavy (non-hydrogen) atoms. The molecular formula is C26H22F3N3O2. The first-order chi connectivity index (χ1) is 16.4. The average molecular weight is 465 g/mol. The number of nitrogens with two attached hydrogens (primary N) is 1. The maximum Gasteiger partial charge on any atom is 0.187 e. The van der Waals surface area contributed by atoms with Crippen molar-refractivity contribution in [3.63, 3.8) is 0 Å². The molecule has 8 heteroatoms. The van der Waals surface area contributed by atoms with Gasteiger partial charge >= 0.3 is 0 Å². The van der Waals surface area contributed by atoms with Gasteiger partial charge in [-0.25, -0.2) is 13.2 Å². The minimum absolute atomic E-state index is 0.0224. The minimum Gasteiger partial charge on any atom is -0.503 e. The molecule has 3 aromatic carbocycles. The van der Waals surface area contributed by atoms with Crippen LogP contribution in [0.15, 0.2) is 48.5 Å². The molecule has 1 saturated heterocycles. The molecule has 0 radical (unpaired) electrons. The minimum atomic E-state index is -1.07. The van der Waals surface area contributed by atoms with Crippen LogP contribution in [0.3, 0.4) is 0 Å². The number of nitrogens with zero attached hydrogens (tertiary/aromatic N) is 1. The molecule has 5 nitrogen and oxygen atoms in total. The van der Waals surface area contributed by atoms with Crippen molar-refractivity contribution in [3.8, 4) is 22.6 Å². The normalized spacial score (nSPS) is 14.6. The predicted molar refractivity (Wildman–Crippen MR) is 125 cm³/mol. The van der Waals surface area contributed by atoms with Crippen LogP contribution >= 0.6 is 0 Å². The van der Waals surface area contributed by atoms with Gasteiger partial charge in [-0.15, -0.1) is 0 Å². The largest absolute Gasteiger partial charge is 0.503 e. The Morgan fingerprint density at radius 3 is 2.26 bits per heavy atom. The molecule has 0 spiro atoms. The van der Waals surface area contributed by atoms with Crippen LogP contribution in [0.1, 0.15) is 30.0 Å². The number of aromatic nitrogens is 1. The van der Waals surface area contributed by atoms with Gasteiger partial charge in [0.25, 0.3) is 0 Å². The van der Waals surface area contributed by atoms with Crippen molar-refractivity contribution in [2.45, 2.75) is 18.8 Å². The standard InChI is InChI=1S/C26H22F3N3O2/c27-17-1-3-18(4-2-17)32-23-11-16(13-30)22(31)12-19(23)24(25(32)14-5-7-34-8-6-14)15-9-20(28)26(33)21(29)10-15/h1-4,9-14,30,33H,5-8,31H2. The number of fused-ring (bicyclic) bond motifs is 1. The highest BCUT2D eigenvalue weighted by Crippen LogP contribution is 2.45. The van der Waals surface area contributed by atoms with Gasteiger partial charge in [0.1, 0.15) is 5.82 Å². The van der Waals surface area contributed by atoms with E-state index in [4.69, 9.17) is 15.9 Å². The van der Waals surface area contributed by atoms with Crippen LogP contribution in [-0.4, -0.2) is 29.1 Å². The number of halogens is 3. The first kappa shape index (κ1) is 22.0. The van der Waals surface area contributed by atoms with E-state index in [1.165, 1.54) is 12.1 Å². The highest BCUT2D eigenvalue weighted by atomic mass is 19.1. The molecule has 0 atom stereocenters. The number of hydrogen-bond donors (Lipinski definition) is 3. The summed E-state index contributed by atoms with van der Waals surface area (Å²) in [5.74, 6) is -3.59. The zero-order chi connectivity index (χ0) is 24.0. The van der Waals surface area contributed by atoms with Crippen LogP contribution in [0.5, 0.6) is 5.75 Å². The zero-order valence-electron chi connectivity index (χ0n) is 18.1. The molecule has 0 unspecified atom stereocenters. The predicted octanol–water partition coefficient (Wildman–Crippen LogP) is 5.89. The Morgan fingerprint density at radius 2 is 1.65 bits per heavy atom. The van der Waals surface area contributed by atoms with E-state index in [0.29, 0.717) is 59.5 Å². The second-order valence-electron chi connectivity index (χ2n) is 8.39. The van der Waals surface area contributed by atoms with Crippen LogP contribution in [0.2, 0.25) is 0 Å². The van der Waals surface area contributed by atoms with E-state index in [2.05, 4.69) is 0 Å². The lowest BCUT2D eigenvalue weighted by atomic mass is 9.89. The van der Waals surface area contributed by atoms with Gasteiger partial charge in [0.15, 0.2) is 17.4 Å². The van der Waals surface area contributed by atoms with Crippen LogP contribution in [0, 0.1) is 22.9 Å². The molecule has 1 aromatic heterocycles. The lowest BCUT2D eigenvalue weighted by Crippen LogP contribution is -2.17. The number of ether oxygens (including phenoxy) is 1. The number of rotatable bonds is 4. The fourth-order valence-corrected chi connectivity index (χ4v) is 4.75. The molecule has 4 N–H and O–H groups in total. The van der Waals surface area contributed by atoms with Crippen LogP contribution in [0.25, 0.3) is 27.7 Å². The summed E-state index contributed by atoms with van der Waals surface area (Å²) in [6, 6.07) is 11.6. The van der Waals surface area contributed by atoms with Crippen molar-refractivity contribution in [1.82, 2.24) is 4.57 Å². The molecule has 2 heterocycles. The maximum atomic E-state index is 14.5. The topological polar surface area (TPSA) is 84.3 Å². The van der Waals surface area contributed by atoms with Gasteiger partial charge in [0.05, 0.1) is 5.52 Å². The highest BCUT2D eigenvalue weighted by Gasteiger charge is 2.29. The fraction of sp³-hybridized carbons (Fsp3) is 0.192. The Balaban J connectivity index is 1.93. The molecule has 1 aliphatic heterocycles. The number of aromatic hydroxyl groups is 1. The molecule has 0 amide bonds.